The summed E-state index contributed by atoms with van der Waals surface area (Å²) in [6.07, 6.45) is 4.17. The molecule has 0 saturated heterocycles. The normalized spacial score (nSPS) is 17.8. The zero-order valence-electron chi connectivity index (χ0n) is 7.47. The monoisotopic (exact) mass is 181 g/mol. The van der Waals surface area contributed by atoms with Crippen molar-refractivity contribution < 1.29 is 0 Å². The molecule has 66 valence electrons. The van der Waals surface area contributed by atoms with Gasteiger partial charge in [0.05, 0.1) is 0 Å². The van der Waals surface area contributed by atoms with Crippen LogP contribution in [-0.2, 0) is 6.54 Å². The maximum Gasteiger partial charge on any atom is 0.0218 e. The Labute approximate surface area is 77.8 Å². The molecule has 2 rings (SSSR count). The van der Waals surface area contributed by atoms with E-state index in [0.717, 1.165) is 12.6 Å². The standard InChI is InChI=1S/C10H15NS/c1-8-6-12-7-9(8)5-11-10-3-2-4-10/h6-7,10-11H,2-5H2,1H3. The van der Waals surface area contributed by atoms with Crippen LogP contribution in [0.5, 0.6) is 0 Å². The highest BCUT2D eigenvalue weighted by Gasteiger charge is 2.16. The van der Waals surface area contributed by atoms with Crippen molar-refractivity contribution in [1.82, 2.24) is 5.32 Å². The van der Waals surface area contributed by atoms with E-state index in [4.69, 9.17) is 0 Å². The van der Waals surface area contributed by atoms with Gasteiger partial charge in [0.1, 0.15) is 0 Å². The van der Waals surface area contributed by atoms with Gasteiger partial charge in [0.15, 0.2) is 0 Å². The molecule has 0 amide bonds. The Hall–Kier alpha value is -0.340. The van der Waals surface area contributed by atoms with Crippen molar-refractivity contribution in [2.24, 2.45) is 0 Å². The first-order chi connectivity index (χ1) is 5.86. The van der Waals surface area contributed by atoms with Gasteiger partial charge in [-0.1, -0.05) is 6.42 Å². The lowest BCUT2D eigenvalue weighted by atomic mass is 9.93. The van der Waals surface area contributed by atoms with Crippen LogP contribution in [0.25, 0.3) is 0 Å². The Morgan fingerprint density at radius 1 is 1.50 bits per heavy atom. The van der Waals surface area contributed by atoms with Crippen LogP contribution in [0, 0.1) is 6.92 Å². The molecular weight excluding hydrogens is 166 g/mol. The van der Waals surface area contributed by atoms with Crippen molar-refractivity contribution in [2.75, 3.05) is 0 Å². The zero-order valence-corrected chi connectivity index (χ0v) is 8.29. The molecule has 0 spiro atoms. The fraction of sp³-hybridized carbons (Fsp3) is 0.600. The molecule has 1 heterocycles. The summed E-state index contributed by atoms with van der Waals surface area (Å²) in [5.74, 6) is 0. The second-order valence-electron chi connectivity index (χ2n) is 3.59. The van der Waals surface area contributed by atoms with E-state index in [0.29, 0.717) is 0 Å². The molecule has 0 aliphatic heterocycles. The quantitative estimate of drug-likeness (QED) is 0.756. The molecule has 1 aromatic heterocycles. The van der Waals surface area contributed by atoms with E-state index in [1.807, 2.05) is 0 Å². The van der Waals surface area contributed by atoms with E-state index >= 15 is 0 Å². The van der Waals surface area contributed by atoms with Crippen molar-refractivity contribution in [1.29, 1.82) is 0 Å². The van der Waals surface area contributed by atoms with Crippen LogP contribution in [0.3, 0.4) is 0 Å². The van der Waals surface area contributed by atoms with Crippen LogP contribution in [0.4, 0.5) is 0 Å². The number of rotatable bonds is 3. The van der Waals surface area contributed by atoms with Gasteiger partial charge in [-0.2, -0.15) is 11.3 Å². The van der Waals surface area contributed by atoms with Crippen molar-refractivity contribution >= 4 is 11.3 Å². The first-order valence-electron chi connectivity index (χ1n) is 4.61. The Bertz CT molecular complexity index is 250. The molecule has 0 atom stereocenters. The van der Waals surface area contributed by atoms with Gasteiger partial charge < -0.3 is 5.32 Å². The molecule has 0 radical (unpaired) electrons. The second-order valence-corrected chi connectivity index (χ2v) is 4.33. The number of aryl methyl sites for hydroxylation is 1. The lowest BCUT2D eigenvalue weighted by Gasteiger charge is -2.26. The topological polar surface area (TPSA) is 12.0 Å². The van der Waals surface area contributed by atoms with Crippen molar-refractivity contribution in [3.63, 3.8) is 0 Å². The third kappa shape index (κ3) is 1.70. The van der Waals surface area contributed by atoms with Crippen LogP contribution in [0.1, 0.15) is 30.4 Å². The van der Waals surface area contributed by atoms with Crippen LogP contribution >= 0.6 is 11.3 Å². The molecule has 12 heavy (non-hydrogen) atoms. The summed E-state index contributed by atoms with van der Waals surface area (Å²) in [7, 11) is 0. The molecule has 2 heteroatoms. The molecule has 1 nitrogen and oxygen atoms in total. The minimum atomic E-state index is 0.810. The van der Waals surface area contributed by atoms with Crippen LogP contribution in [0.2, 0.25) is 0 Å². The van der Waals surface area contributed by atoms with Crippen molar-refractivity contribution in [2.45, 2.75) is 38.8 Å². The smallest absolute Gasteiger partial charge is 0.0218 e. The molecule has 0 aromatic carbocycles. The zero-order chi connectivity index (χ0) is 8.39. The molecule has 1 aliphatic carbocycles. The predicted octanol–water partition coefficient (Wildman–Crippen LogP) is 2.70. The van der Waals surface area contributed by atoms with E-state index in [2.05, 4.69) is 23.0 Å². The highest BCUT2D eigenvalue weighted by atomic mass is 32.1. The minimum Gasteiger partial charge on any atom is -0.310 e. The molecule has 1 aliphatic rings. The third-order valence-electron chi connectivity index (χ3n) is 2.65. The molecule has 0 unspecified atom stereocenters. The number of thiophene rings is 1. The Morgan fingerprint density at radius 3 is 2.83 bits per heavy atom. The summed E-state index contributed by atoms with van der Waals surface area (Å²) in [5, 5.41) is 8.04. The van der Waals surface area contributed by atoms with Crippen LogP contribution < -0.4 is 5.32 Å². The fourth-order valence-electron chi connectivity index (χ4n) is 1.43. The summed E-state index contributed by atoms with van der Waals surface area (Å²) >= 11 is 1.80. The number of nitrogens with one attached hydrogen (secondary N) is 1. The summed E-state index contributed by atoms with van der Waals surface area (Å²) in [6.45, 7) is 3.26. The first kappa shape index (κ1) is 8.27. The summed E-state index contributed by atoms with van der Waals surface area (Å²) < 4.78 is 0. The van der Waals surface area contributed by atoms with Gasteiger partial charge in [-0.15, -0.1) is 0 Å². The van der Waals surface area contributed by atoms with Crippen molar-refractivity contribution in [3.05, 3.63) is 21.9 Å². The molecule has 1 fully saturated rings. The van der Waals surface area contributed by atoms with Crippen LogP contribution in [-0.4, -0.2) is 6.04 Å². The number of hydrogen-bond acceptors (Lipinski definition) is 2. The van der Waals surface area contributed by atoms with Gasteiger partial charge in [-0.3, -0.25) is 0 Å². The highest BCUT2D eigenvalue weighted by molar-refractivity contribution is 7.08. The Kier molecular flexibility index (Phi) is 2.47. The van der Waals surface area contributed by atoms with E-state index in [1.54, 1.807) is 11.3 Å². The summed E-state index contributed by atoms with van der Waals surface area (Å²) in [5.41, 5.74) is 2.92. The molecule has 1 aromatic rings. The fourth-order valence-corrected chi connectivity index (χ4v) is 2.29. The lowest BCUT2D eigenvalue weighted by Crippen LogP contribution is -2.34. The average molecular weight is 181 g/mol. The van der Waals surface area contributed by atoms with Gasteiger partial charge in [-0.25, -0.2) is 0 Å². The van der Waals surface area contributed by atoms with Gasteiger partial charge in [0.2, 0.25) is 0 Å². The molecular formula is C10H15NS. The maximum absolute atomic E-state index is 3.57. The SMILES string of the molecule is Cc1cscc1CNC1CCC1. The average Bonchev–Trinajstić information content (AvgIpc) is 2.33. The van der Waals surface area contributed by atoms with E-state index in [9.17, 15) is 0 Å². The predicted molar refractivity (Wildman–Crippen MR) is 53.5 cm³/mol. The maximum atomic E-state index is 3.57. The first-order valence-corrected chi connectivity index (χ1v) is 5.55. The van der Waals surface area contributed by atoms with E-state index in [-0.39, 0.29) is 0 Å². The molecule has 1 saturated carbocycles. The van der Waals surface area contributed by atoms with E-state index in [1.165, 1.54) is 30.4 Å². The summed E-state index contributed by atoms with van der Waals surface area (Å²) in [4.78, 5) is 0. The van der Waals surface area contributed by atoms with Gasteiger partial charge in [-0.05, 0) is 41.7 Å². The Balaban J connectivity index is 1.82. The molecule has 1 N–H and O–H groups in total. The summed E-state index contributed by atoms with van der Waals surface area (Å²) in [6, 6.07) is 0.810. The number of hydrogen-bond donors (Lipinski definition) is 1. The van der Waals surface area contributed by atoms with Gasteiger partial charge in [0, 0.05) is 12.6 Å². The highest BCUT2D eigenvalue weighted by Crippen LogP contribution is 2.20. The Morgan fingerprint density at radius 2 is 2.33 bits per heavy atom. The van der Waals surface area contributed by atoms with E-state index < -0.39 is 0 Å². The third-order valence-corrected chi connectivity index (χ3v) is 3.56. The molecule has 0 bridgehead atoms. The minimum absolute atomic E-state index is 0.810. The largest absolute Gasteiger partial charge is 0.310 e. The van der Waals surface area contributed by atoms with Crippen molar-refractivity contribution in [3.8, 4) is 0 Å². The lowest BCUT2D eigenvalue weighted by molar-refractivity contribution is 0.338. The van der Waals surface area contributed by atoms with Gasteiger partial charge >= 0.3 is 0 Å². The van der Waals surface area contributed by atoms with Gasteiger partial charge in [0.25, 0.3) is 0 Å². The second kappa shape index (κ2) is 3.58. The van der Waals surface area contributed by atoms with Crippen LogP contribution in [0.15, 0.2) is 10.8 Å².